The molecule has 68 valence electrons. The van der Waals surface area contributed by atoms with E-state index >= 15 is 0 Å². The molecule has 0 amide bonds. The minimum atomic E-state index is -0.199. The van der Waals surface area contributed by atoms with Gasteiger partial charge in [0.1, 0.15) is 5.82 Å². The van der Waals surface area contributed by atoms with Gasteiger partial charge in [0, 0.05) is 10.0 Å². The molecule has 0 aliphatic carbocycles. The van der Waals surface area contributed by atoms with Crippen LogP contribution in [0.15, 0.2) is 22.0 Å². The highest BCUT2D eigenvalue weighted by Gasteiger charge is 2.06. The van der Waals surface area contributed by atoms with E-state index in [0.717, 1.165) is 15.4 Å². The van der Waals surface area contributed by atoms with Gasteiger partial charge in [0.05, 0.1) is 4.47 Å². The lowest BCUT2D eigenvalue weighted by Crippen LogP contribution is -1.77. The van der Waals surface area contributed by atoms with Gasteiger partial charge in [-0.2, -0.15) is 0 Å². The van der Waals surface area contributed by atoms with Crippen molar-refractivity contribution in [2.75, 3.05) is 0 Å². The smallest absolute Gasteiger partial charge is 0.138 e. The molecule has 0 N–H and O–H groups in total. The summed E-state index contributed by atoms with van der Waals surface area (Å²) in [7, 11) is 0. The van der Waals surface area contributed by atoms with Crippen LogP contribution in [0.1, 0.15) is 5.56 Å². The fraction of sp³-hybridized carbons (Fsp3) is 0.111. The molecule has 2 rings (SSSR count). The first-order valence-corrected chi connectivity index (χ1v) is 6.43. The predicted octanol–water partition coefficient (Wildman–Crippen LogP) is 4.70. The maximum absolute atomic E-state index is 13.1. The van der Waals surface area contributed by atoms with Crippen molar-refractivity contribution in [3.63, 3.8) is 0 Å². The van der Waals surface area contributed by atoms with Crippen LogP contribution in [0.2, 0.25) is 0 Å². The van der Waals surface area contributed by atoms with Crippen molar-refractivity contribution in [2.45, 2.75) is 5.33 Å². The molecule has 0 nitrogen and oxygen atoms in total. The van der Waals surface area contributed by atoms with E-state index in [-0.39, 0.29) is 5.82 Å². The monoisotopic (exact) mass is 322 g/mol. The molecule has 0 unspecified atom stereocenters. The zero-order chi connectivity index (χ0) is 9.42. The Morgan fingerprint density at radius 3 is 2.85 bits per heavy atom. The molecule has 0 fully saturated rings. The van der Waals surface area contributed by atoms with Gasteiger partial charge in [0.15, 0.2) is 0 Å². The van der Waals surface area contributed by atoms with Crippen molar-refractivity contribution < 1.29 is 4.39 Å². The summed E-state index contributed by atoms with van der Waals surface area (Å²) in [5, 5.41) is 3.98. The molecule has 2 aromatic rings. The first-order valence-electron chi connectivity index (χ1n) is 3.63. The van der Waals surface area contributed by atoms with Crippen molar-refractivity contribution in [3.8, 4) is 0 Å². The van der Waals surface area contributed by atoms with Gasteiger partial charge in [-0.3, -0.25) is 0 Å². The molecule has 13 heavy (non-hydrogen) atoms. The van der Waals surface area contributed by atoms with Crippen LogP contribution in [-0.2, 0) is 5.33 Å². The SMILES string of the molecule is Fc1cc2scc(CBr)c2cc1Br. The van der Waals surface area contributed by atoms with E-state index in [9.17, 15) is 4.39 Å². The van der Waals surface area contributed by atoms with E-state index in [0.29, 0.717) is 4.47 Å². The number of fused-ring (bicyclic) bond motifs is 1. The van der Waals surface area contributed by atoms with Crippen LogP contribution in [0.25, 0.3) is 10.1 Å². The van der Waals surface area contributed by atoms with Crippen LogP contribution < -0.4 is 0 Å². The van der Waals surface area contributed by atoms with Gasteiger partial charge in [-0.15, -0.1) is 11.3 Å². The lowest BCUT2D eigenvalue weighted by Gasteiger charge is -1.96. The minimum Gasteiger partial charge on any atom is -0.206 e. The summed E-state index contributed by atoms with van der Waals surface area (Å²) >= 11 is 8.15. The standard InChI is InChI=1S/C9H5Br2FS/c10-3-5-4-13-9-2-8(12)7(11)1-6(5)9/h1-2,4H,3H2. The van der Waals surface area contributed by atoms with Crippen LogP contribution in [-0.4, -0.2) is 0 Å². The van der Waals surface area contributed by atoms with E-state index < -0.39 is 0 Å². The van der Waals surface area contributed by atoms with Gasteiger partial charge >= 0.3 is 0 Å². The summed E-state index contributed by atoms with van der Waals surface area (Å²) in [6.07, 6.45) is 0. The summed E-state index contributed by atoms with van der Waals surface area (Å²) in [6, 6.07) is 3.40. The van der Waals surface area contributed by atoms with Crippen molar-refractivity contribution >= 4 is 53.3 Å². The van der Waals surface area contributed by atoms with Gasteiger partial charge in [-0.25, -0.2) is 4.39 Å². The van der Waals surface area contributed by atoms with Gasteiger partial charge < -0.3 is 0 Å². The molecule has 0 atom stereocenters. The van der Waals surface area contributed by atoms with Crippen molar-refractivity contribution in [1.82, 2.24) is 0 Å². The minimum absolute atomic E-state index is 0.199. The Morgan fingerprint density at radius 1 is 1.38 bits per heavy atom. The zero-order valence-electron chi connectivity index (χ0n) is 6.48. The number of rotatable bonds is 1. The first-order chi connectivity index (χ1) is 6.22. The number of benzene rings is 1. The van der Waals surface area contributed by atoms with Crippen LogP contribution in [0.3, 0.4) is 0 Å². The van der Waals surface area contributed by atoms with Crippen LogP contribution >= 0.6 is 43.2 Å². The second-order valence-corrected chi connectivity index (χ2v) is 4.98. The molecular formula is C9H5Br2FS. The summed E-state index contributed by atoms with van der Waals surface area (Å²) in [4.78, 5) is 0. The normalized spacial score (nSPS) is 11.0. The van der Waals surface area contributed by atoms with Gasteiger partial charge in [0.25, 0.3) is 0 Å². The molecule has 1 heterocycles. The van der Waals surface area contributed by atoms with E-state index in [1.54, 1.807) is 17.4 Å². The number of hydrogen-bond donors (Lipinski definition) is 0. The van der Waals surface area contributed by atoms with Crippen LogP contribution in [0.5, 0.6) is 0 Å². The Morgan fingerprint density at radius 2 is 2.15 bits per heavy atom. The second-order valence-electron chi connectivity index (χ2n) is 2.66. The van der Waals surface area contributed by atoms with Gasteiger partial charge in [-0.1, -0.05) is 15.9 Å². The summed E-state index contributed by atoms with van der Waals surface area (Å²) in [5.74, 6) is -0.199. The third-order valence-corrected chi connectivity index (χ3v) is 4.05. The average Bonchev–Trinajstić information content (AvgIpc) is 2.48. The average molecular weight is 324 g/mol. The molecule has 0 aliphatic heterocycles. The lowest BCUT2D eigenvalue weighted by molar-refractivity contribution is 0.623. The van der Waals surface area contributed by atoms with Gasteiger partial charge in [-0.05, 0) is 44.4 Å². The van der Waals surface area contributed by atoms with Crippen molar-refractivity contribution in [2.24, 2.45) is 0 Å². The Labute approximate surface area is 96.0 Å². The van der Waals surface area contributed by atoms with Crippen LogP contribution in [0, 0.1) is 5.82 Å². The highest BCUT2D eigenvalue weighted by Crippen LogP contribution is 2.31. The van der Waals surface area contributed by atoms with E-state index in [1.165, 1.54) is 5.56 Å². The molecule has 0 radical (unpaired) electrons. The molecule has 0 saturated heterocycles. The molecule has 1 aromatic heterocycles. The third-order valence-electron chi connectivity index (χ3n) is 1.84. The second kappa shape index (κ2) is 3.67. The van der Waals surface area contributed by atoms with E-state index in [2.05, 4.69) is 31.9 Å². The topological polar surface area (TPSA) is 0 Å². The first kappa shape index (κ1) is 9.62. The highest BCUT2D eigenvalue weighted by atomic mass is 79.9. The summed E-state index contributed by atoms with van der Waals surface area (Å²) in [5.41, 5.74) is 1.21. The van der Waals surface area contributed by atoms with E-state index in [1.807, 2.05) is 11.4 Å². The Kier molecular flexibility index (Phi) is 2.72. The molecular weight excluding hydrogens is 319 g/mol. The predicted molar refractivity (Wildman–Crippen MR) is 62.1 cm³/mol. The van der Waals surface area contributed by atoms with Crippen molar-refractivity contribution in [3.05, 3.63) is 33.4 Å². The van der Waals surface area contributed by atoms with Crippen molar-refractivity contribution in [1.29, 1.82) is 0 Å². The zero-order valence-corrected chi connectivity index (χ0v) is 10.5. The largest absolute Gasteiger partial charge is 0.206 e. The van der Waals surface area contributed by atoms with E-state index in [4.69, 9.17) is 0 Å². The maximum atomic E-state index is 13.1. The number of thiophene rings is 1. The third kappa shape index (κ3) is 1.67. The molecule has 0 spiro atoms. The Bertz CT molecular complexity index is 450. The molecule has 0 bridgehead atoms. The lowest BCUT2D eigenvalue weighted by atomic mass is 10.2. The van der Waals surface area contributed by atoms with Crippen LogP contribution in [0.4, 0.5) is 4.39 Å². The number of alkyl halides is 1. The Hall–Kier alpha value is 0.0700. The molecule has 0 aliphatic rings. The Balaban J connectivity index is 2.77. The molecule has 0 saturated carbocycles. The maximum Gasteiger partial charge on any atom is 0.138 e. The van der Waals surface area contributed by atoms with Gasteiger partial charge in [0.2, 0.25) is 0 Å². The molecule has 1 aromatic carbocycles. The fourth-order valence-corrected chi connectivity index (χ4v) is 3.17. The summed E-state index contributed by atoms with van der Waals surface area (Å²) < 4.78 is 14.6. The fourth-order valence-electron chi connectivity index (χ4n) is 1.18. The highest BCUT2D eigenvalue weighted by molar-refractivity contribution is 9.10. The number of hydrogen-bond acceptors (Lipinski definition) is 1. The molecule has 4 heteroatoms. The summed E-state index contributed by atoms with van der Waals surface area (Å²) in [6.45, 7) is 0. The number of halogens is 3. The quantitative estimate of drug-likeness (QED) is 0.667.